The minimum Gasteiger partial charge on any atom is -0.475 e. The number of rotatable bonds is 8. The number of hydrogen-bond acceptors (Lipinski definition) is 6. The van der Waals surface area contributed by atoms with Gasteiger partial charge in [-0.1, -0.05) is 0 Å². The molecular weight excluding hydrogens is 376 g/mol. The molecule has 2 aliphatic rings. The number of nitrogens with zero attached hydrogens (tertiary/aromatic N) is 3. The second kappa shape index (κ2) is 10.3. The van der Waals surface area contributed by atoms with Crippen molar-refractivity contribution in [3.63, 3.8) is 0 Å². The molecule has 1 aromatic heterocycles. The summed E-state index contributed by atoms with van der Waals surface area (Å²) in [6.45, 7) is 7.29. The van der Waals surface area contributed by atoms with E-state index >= 15 is 0 Å². The molecule has 3 rings (SSSR count). The standard InChI is InChI=1S/C20H34N4O5/c1-14-11-23(12-15(2)29-14)16-5-7-17(8-6-16)24-13-18(21-20(25)26)19(22-24)28-10-4-9-27-3/h13-17,21H,4-12H2,1-3H3,(H,25,26)/t14-,15+,16-,17-. The number of carbonyl (C=O) groups is 1. The highest BCUT2D eigenvalue weighted by Gasteiger charge is 2.32. The molecule has 0 radical (unpaired) electrons. The maximum Gasteiger partial charge on any atom is 0.409 e. The highest BCUT2D eigenvalue weighted by molar-refractivity contribution is 5.84. The topological polar surface area (TPSA) is 98.1 Å². The first-order valence-corrected chi connectivity index (χ1v) is 10.6. The van der Waals surface area contributed by atoms with Crippen LogP contribution in [0.25, 0.3) is 0 Å². The summed E-state index contributed by atoms with van der Waals surface area (Å²) in [5, 5.41) is 16.0. The van der Waals surface area contributed by atoms with Crippen LogP contribution in [0, 0.1) is 0 Å². The molecule has 1 aromatic rings. The molecule has 0 unspecified atom stereocenters. The highest BCUT2D eigenvalue weighted by atomic mass is 16.5. The second-order valence-corrected chi connectivity index (χ2v) is 8.13. The summed E-state index contributed by atoms with van der Waals surface area (Å²) >= 11 is 0. The Morgan fingerprint density at radius 1 is 1.21 bits per heavy atom. The van der Waals surface area contributed by atoms with Gasteiger partial charge in [0.15, 0.2) is 0 Å². The molecule has 1 aliphatic carbocycles. The number of carboxylic acid groups (broad SMARTS) is 1. The van der Waals surface area contributed by atoms with Crippen LogP contribution < -0.4 is 10.1 Å². The Bertz CT molecular complexity index is 649. The molecule has 2 atom stereocenters. The van der Waals surface area contributed by atoms with Crippen molar-refractivity contribution in [1.29, 1.82) is 0 Å². The first-order valence-electron chi connectivity index (χ1n) is 10.6. The summed E-state index contributed by atoms with van der Waals surface area (Å²) in [6, 6.07) is 0.838. The fourth-order valence-corrected chi connectivity index (χ4v) is 4.45. The van der Waals surface area contributed by atoms with Crippen molar-refractivity contribution in [2.24, 2.45) is 0 Å². The Morgan fingerprint density at radius 2 is 1.86 bits per heavy atom. The molecule has 2 heterocycles. The zero-order valence-corrected chi connectivity index (χ0v) is 17.7. The number of amides is 1. The van der Waals surface area contributed by atoms with Gasteiger partial charge < -0.3 is 19.3 Å². The van der Waals surface area contributed by atoms with Crippen molar-refractivity contribution in [3.8, 4) is 5.88 Å². The lowest BCUT2D eigenvalue weighted by molar-refractivity contribution is -0.0852. The lowest BCUT2D eigenvalue weighted by atomic mass is 9.89. The van der Waals surface area contributed by atoms with Gasteiger partial charge in [-0.15, -0.1) is 5.10 Å². The molecule has 2 fully saturated rings. The minimum atomic E-state index is -1.12. The highest BCUT2D eigenvalue weighted by Crippen LogP contribution is 2.34. The minimum absolute atomic E-state index is 0.257. The second-order valence-electron chi connectivity index (χ2n) is 8.13. The Morgan fingerprint density at radius 3 is 2.48 bits per heavy atom. The molecule has 29 heavy (non-hydrogen) atoms. The van der Waals surface area contributed by atoms with Gasteiger partial charge in [-0.25, -0.2) is 4.79 Å². The number of methoxy groups -OCH3 is 1. The van der Waals surface area contributed by atoms with Crippen molar-refractivity contribution >= 4 is 11.8 Å². The number of anilines is 1. The average molecular weight is 411 g/mol. The van der Waals surface area contributed by atoms with Gasteiger partial charge in [0, 0.05) is 39.3 Å². The number of hydrogen-bond donors (Lipinski definition) is 2. The van der Waals surface area contributed by atoms with Crippen molar-refractivity contribution in [3.05, 3.63) is 6.20 Å². The van der Waals surface area contributed by atoms with Crippen LogP contribution in [0.15, 0.2) is 6.20 Å². The molecule has 1 amide bonds. The van der Waals surface area contributed by atoms with E-state index in [1.165, 1.54) is 0 Å². The molecule has 9 nitrogen and oxygen atoms in total. The van der Waals surface area contributed by atoms with E-state index in [0.29, 0.717) is 30.8 Å². The smallest absolute Gasteiger partial charge is 0.409 e. The van der Waals surface area contributed by atoms with Crippen molar-refractivity contribution < 1.29 is 24.1 Å². The van der Waals surface area contributed by atoms with Gasteiger partial charge in [0.05, 0.1) is 31.1 Å². The normalized spacial score (nSPS) is 28.2. The van der Waals surface area contributed by atoms with Crippen LogP contribution in [0.2, 0.25) is 0 Å². The summed E-state index contributed by atoms with van der Waals surface area (Å²) in [5.74, 6) is 0.335. The summed E-state index contributed by atoms with van der Waals surface area (Å²) < 4.78 is 18.4. The van der Waals surface area contributed by atoms with Gasteiger partial charge in [-0.05, 0) is 39.5 Å². The maximum atomic E-state index is 11.1. The molecule has 164 valence electrons. The third-order valence-corrected chi connectivity index (χ3v) is 5.68. The Balaban J connectivity index is 1.59. The van der Waals surface area contributed by atoms with E-state index in [-0.39, 0.29) is 18.2 Å². The lowest BCUT2D eigenvalue weighted by Crippen LogP contribution is -2.51. The molecule has 2 N–H and O–H groups in total. The van der Waals surface area contributed by atoms with Crippen LogP contribution in [0.5, 0.6) is 5.88 Å². The van der Waals surface area contributed by atoms with E-state index in [1.807, 2.05) is 4.68 Å². The van der Waals surface area contributed by atoms with E-state index in [0.717, 1.165) is 45.2 Å². The van der Waals surface area contributed by atoms with E-state index in [1.54, 1.807) is 13.3 Å². The Labute approximate surface area is 172 Å². The molecule has 1 saturated carbocycles. The fourth-order valence-electron chi connectivity index (χ4n) is 4.45. The molecule has 1 aliphatic heterocycles. The van der Waals surface area contributed by atoms with Crippen LogP contribution in [-0.2, 0) is 9.47 Å². The largest absolute Gasteiger partial charge is 0.475 e. The first kappa shape index (κ1) is 21.9. The maximum absolute atomic E-state index is 11.1. The number of ether oxygens (including phenoxy) is 3. The SMILES string of the molecule is COCCCOc1nn([C@H]2CC[C@H](N3C[C@@H](C)O[C@@H](C)C3)CC2)cc1NC(=O)O. The van der Waals surface area contributed by atoms with E-state index in [2.05, 4.69) is 29.2 Å². The fraction of sp³-hybridized carbons (Fsp3) is 0.800. The monoisotopic (exact) mass is 410 g/mol. The lowest BCUT2D eigenvalue weighted by Gasteiger charge is -2.42. The third kappa shape index (κ3) is 6.07. The van der Waals surface area contributed by atoms with Crippen molar-refractivity contribution in [2.45, 2.75) is 70.2 Å². The van der Waals surface area contributed by atoms with E-state index < -0.39 is 6.09 Å². The number of nitrogens with one attached hydrogen (secondary N) is 1. The van der Waals surface area contributed by atoms with Crippen molar-refractivity contribution in [2.75, 3.05) is 38.7 Å². The van der Waals surface area contributed by atoms with Crippen LogP contribution >= 0.6 is 0 Å². The Hall–Kier alpha value is -1.84. The summed E-state index contributed by atoms with van der Waals surface area (Å²) in [5.41, 5.74) is 0.396. The predicted octanol–water partition coefficient (Wildman–Crippen LogP) is 2.98. The van der Waals surface area contributed by atoms with Crippen LogP contribution in [0.3, 0.4) is 0 Å². The predicted molar refractivity (Wildman–Crippen MR) is 109 cm³/mol. The molecular formula is C20H34N4O5. The van der Waals surface area contributed by atoms with Gasteiger partial charge in [0.25, 0.3) is 5.88 Å². The van der Waals surface area contributed by atoms with E-state index in [4.69, 9.17) is 19.3 Å². The number of aromatic nitrogens is 2. The number of morpholine rings is 1. The molecule has 0 spiro atoms. The molecule has 1 saturated heterocycles. The molecule has 0 bridgehead atoms. The summed E-state index contributed by atoms with van der Waals surface area (Å²) in [7, 11) is 1.64. The van der Waals surface area contributed by atoms with E-state index in [9.17, 15) is 4.79 Å². The Kier molecular flexibility index (Phi) is 7.74. The zero-order chi connectivity index (χ0) is 20.8. The van der Waals surface area contributed by atoms with Gasteiger partial charge >= 0.3 is 6.09 Å². The first-order chi connectivity index (χ1) is 14.0. The van der Waals surface area contributed by atoms with Gasteiger partial charge in [-0.3, -0.25) is 14.9 Å². The molecule has 9 heteroatoms. The van der Waals surface area contributed by atoms with Crippen molar-refractivity contribution in [1.82, 2.24) is 14.7 Å². The van der Waals surface area contributed by atoms with Crippen LogP contribution in [0.4, 0.5) is 10.5 Å². The molecule has 0 aromatic carbocycles. The van der Waals surface area contributed by atoms with Crippen LogP contribution in [0.1, 0.15) is 52.0 Å². The van der Waals surface area contributed by atoms with Gasteiger partial charge in [-0.2, -0.15) is 0 Å². The average Bonchev–Trinajstić information content (AvgIpc) is 3.06. The van der Waals surface area contributed by atoms with Gasteiger partial charge in [0.1, 0.15) is 5.69 Å². The zero-order valence-electron chi connectivity index (χ0n) is 17.7. The summed E-state index contributed by atoms with van der Waals surface area (Å²) in [4.78, 5) is 13.7. The van der Waals surface area contributed by atoms with Gasteiger partial charge in [0.2, 0.25) is 0 Å². The summed E-state index contributed by atoms with van der Waals surface area (Å²) in [6.07, 6.45) is 6.16. The third-order valence-electron chi connectivity index (χ3n) is 5.68. The van der Waals surface area contributed by atoms with Crippen LogP contribution in [-0.4, -0.2) is 77.5 Å². The quantitative estimate of drug-likeness (QED) is 0.636.